The van der Waals surface area contributed by atoms with Crippen molar-refractivity contribution in [3.8, 4) is 17.1 Å². The number of H-pyrrole nitrogens is 1. The Morgan fingerprint density at radius 2 is 1.84 bits per heavy atom. The molecule has 2 N–H and O–H groups in total. The maximum absolute atomic E-state index is 12.6. The minimum Gasteiger partial charge on any atom is -0.360 e. The summed E-state index contributed by atoms with van der Waals surface area (Å²) < 4.78 is 2.06. The Morgan fingerprint density at radius 3 is 2.61 bits per heavy atom. The van der Waals surface area contributed by atoms with Gasteiger partial charge in [-0.1, -0.05) is 62.0 Å². The SMILES string of the molecule is Cc1ccccc1-n1c(SC(C)C(=O)NCC(C)C)nnc1-c1c[nH]c2ccccc12. The van der Waals surface area contributed by atoms with Gasteiger partial charge in [-0.25, -0.2) is 0 Å². The monoisotopic (exact) mass is 433 g/mol. The van der Waals surface area contributed by atoms with Crippen molar-refractivity contribution >= 4 is 28.6 Å². The van der Waals surface area contributed by atoms with E-state index < -0.39 is 0 Å². The van der Waals surface area contributed by atoms with E-state index in [4.69, 9.17) is 0 Å². The largest absolute Gasteiger partial charge is 0.360 e. The lowest BCUT2D eigenvalue weighted by Crippen LogP contribution is -2.33. The lowest BCUT2D eigenvalue weighted by atomic mass is 10.1. The van der Waals surface area contributed by atoms with E-state index in [9.17, 15) is 4.79 Å². The third-order valence-corrected chi connectivity index (χ3v) is 6.20. The summed E-state index contributed by atoms with van der Waals surface area (Å²) >= 11 is 1.42. The van der Waals surface area contributed by atoms with Crippen LogP contribution >= 0.6 is 11.8 Å². The fourth-order valence-electron chi connectivity index (χ4n) is 3.47. The molecule has 0 aliphatic rings. The van der Waals surface area contributed by atoms with E-state index in [1.807, 2.05) is 43.5 Å². The van der Waals surface area contributed by atoms with Gasteiger partial charge in [-0.3, -0.25) is 9.36 Å². The van der Waals surface area contributed by atoms with Crippen molar-refractivity contribution in [2.24, 2.45) is 5.92 Å². The number of hydrogen-bond donors (Lipinski definition) is 2. The van der Waals surface area contributed by atoms with Crippen molar-refractivity contribution < 1.29 is 4.79 Å². The first-order valence-electron chi connectivity index (χ1n) is 10.5. The first kappa shape index (κ1) is 21.2. The maximum Gasteiger partial charge on any atom is 0.233 e. The van der Waals surface area contributed by atoms with Crippen molar-refractivity contribution in [3.05, 3.63) is 60.3 Å². The number of aromatic amines is 1. The van der Waals surface area contributed by atoms with Gasteiger partial charge in [-0.05, 0) is 37.5 Å². The van der Waals surface area contributed by atoms with Crippen molar-refractivity contribution in [1.82, 2.24) is 25.1 Å². The second kappa shape index (κ2) is 8.98. The first-order chi connectivity index (χ1) is 15.0. The third-order valence-electron chi connectivity index (χ3n) is 5.16. The Bertz CT molecular complexity index is 1210. The van der Waals surface area contributed by atoms with Crippen LogP contribution in [-0.2, 0) is 4.79 Å². The number of amides is 1. The minimum absolute atomic E-state index is 0.00618. The second-order valence-electron chi connectivity index (χ2n) is 8.08. The molecule has 0 spiro atoms. The maximum atomic E-state index is 12.6. The Balaban J connectivity index is 1.77. The molecule has 4 aromatic rings. The van der Waals surface area contributed by atoms with Gasteiger partial charge in [-0.2, -0.15) is 0 Å². The van der Waals surface area contributed by atoms with E-state index in [2.05, 4.69) is 64.0 Å². The zero-order chi connectivity index (χ0) is 22.0. The summed E-state index contributed by atoms with van der Waals surface area (Å²) in [5.41, 5.74) is 4.15. The summed E-state index contributed by atoms with van der Waals surface area (Å²) in [7, 11) is 0. The van der Waals surface area contributed by atoms with Crippen LogP contribution in [0.3, 0.4) is 0 Å². The summed E-state index contributed by atoms with van der Waals surface area (Å²) in [5, 5.41) is 13.6. The normalized spacial score (nSPS) is 12.4. The number of hydrogen-bond acceptors (Lipinski definition) is 4. The lowest BCUT2D eigenvalue weighted by molar-refractivity contribution is -0.120. The molecule has 0 radical (unpaired) electrons. The number of carbonyl (C=O) groups is 1. The number of nitrogens with zero attached hydrogens (tertiary/aromatic N) is 3. The van der Waals surface area contributed by atoms with E-state index >= 15 is 0 Å². The molecule has 2 aromatic carbocycles. The number of carbonyl (C=O) groups excluding carboxylic acids is 1. The highest BCUT2D eigenvalue weighted by Gasteiger charge is 2.23. The van der Waals surface area contributed by atoms with Crippen LogP contribution in [0.5, 0.6) is 0 Å². The van der Waals surface area contributed by atoms with Crippen LogP contribution in [0.25, 0.3) is 28.0 Å². The smallest absolute Gasteiger partial charge is 0.233 e. The zero-order valence-corrected chi connectivity index (χ0v) is 19.0. The average Bonchev–Trinajstić information content (AvgIpc) is 3.36. The van der Waals surface area contributed by atoms with Crippen LogP contribution in [0.2, 0.25) is 0 Å². The molecule has 7 heteroatoms. The zero-order valence-electron chi connectivity index (χ0n) is 18.2. The van der Waals surface area contributed by atoms with E-state index in [1.54, 1.807) is 0 Å². The van der Waals surface area contributed by atoms with Crippen LogP contribution in [0.15, 0.2) is 59.9 Å². The fraction of sp³-hybridized carbons (Fsp3) is 0.292. The van der Waals surface area contributed by atoms with E-state index in [-0.39, 0.29) is 11.2 Å². The van der Waals surface area contributed by atoms with E-state index in [1.165, 1.54) is 11.8 Å². The van der Waals surface area contributed by atoms with Gasteiger partial charge in [0.1, 0.15) is 0 Å². The van der Waals surface area contributed by atoms with Crippen LogP contribution < -0.4 is 5.32 Å². The summed E-state index contributed by atoms with van der Waals surface area (Å²) in [6, 6.07) is 16.3. The molecule has 0 bridgehead atoms. The third kappa shape index (κ3) is 4.37. The van der Waals surface area contributed by atoms with Crippen LogP contribution in [0, 0.1) is 12.8 Å². The molecule has 1 unspecified atom stereocenters. The van der Waals surface area contributed by atoms with Crippen molar-refractivity contribution in [2.75, 3.05) is 6.54 Å². The van der Waals surface area contributed by atoms with Crippen LogP contribution in [0.4, 0.5) is 0 Å². The molecule has 0 saturated heterocycles. The van der Waals surface area contributed by atoms with Gasteiger partial charge in [0.25, 0.3) is 0 Å². The molecule has 4 rings (SSSR count). The number of thioether (sulfide) groups is 1. The fourth-order valence-corrected chi connectivity index (χ4v) is 4.35. The highest BCUT2D eigenvalue weighted by Crippen LogP contribution is 2.34. The molecule has 2 heterocycles. The molecule has 6 nitrogen and oxygen atoms in total. The molecule has 1 amide bonds. The standard InChI is InChI=1S/C24H27N5OS/c1-15(2)13-26-23(30)17(4)31-24-28-27-22(29(24)21-12-8-5-9-16(21)3)19-14-25-20-11-7-6-10-18(19)20/h5-12,14-15,17,25H,13H2,1-4H3,(H,26,30). The molecular weight excluding hydrogens is 406 g/mol. The predicted octanol–water partition coefficient (Wildman–Crippen LogP) is 4.98. The highest BCUT2D eigenvalue weighted by atomic mass is 32.2. The highest BCUT2D eigenvalue weighted by molar-refractivity contribution is 8.00. The van der Waals surface area contributed by atoms with Gasteiger partial charge in [0.2, 0.25) is 5.91 Å². The van der Waals surface area contributed by atoms with Crippen LogP contribution in [0.1, 0.15) is 26.3 Å². The molecule has 0 saturated carbocycles. The molecular formula is C24H27N5OS. The van der Waals surface area contributed by atoms with Gasteiger partial charge in [0.15, 0.2) is 11.0 Å². The predicted molar refractivity (Wildman–Crippen MR) is 127 cm³/mol. The number of para-hydroxylation sites is 2. The number of aromatic nitrogens is 4. The Kier molecular flexibility index (Phi) is 6.13. The van der Waals surface area contributed by atoms with Crippen molar-refractivity contribution in [2.45, 2.75) is 38.1 Å². The van der Waals surface area contributed by atoms with Gasteiger partial charge in [0, 0.05) is 29.2 Å². The first-order valence-corrected chi connectivity index (χ1v) is 11.4. The molecule has 31 heavy (non-hydrogen) atoms. The molecule has 0 fully saturated rings. The molecule has 2 aromatic heterocycles. The summed E-state index contributed by atoms with van der Waals surface area (Å²) in [6.07, 6.45) is 1.97. The summed E-state index contributed by atoms with van der Waals surface area (Å²) in [6.45, 7) is 8.81. The van der Waals surface area contributed by atoms with Gasteiger partial charge < -0.3 is 10.3 Å². The van der Waals surface area contributed by atoms with Crippen LogP contribution in [-0.4, -0.2) is 37.5 Å². The Hall–Kier alpha value is -3.06. The van der Waals surface area contributed by atoms with E-state index in [0.29, 0.717) is 17.6 Å². The van der Waals surface area contributed by atoms with Gasteiger partial charge in [0.05, 0.1) is 10.9 Å². The Labute approximate surface area is 186 Å². The number of rotatable bonds is 7. The van der Waals surface area contributed by atoms with Crippen molar-refractivity contribution in [3.63, 3.8) is 0 Å². The quantitative estimate of drug-likeness (QED) is 0.403. The average molecular weight is 434 g/mol. The Morgan fingerprint density at radius 1 is 1.10 bits per heavy atom. The topological polar surface area (TPSA) is 75.6 Å². The van der Waals surface area contributed by atoms with E-state index in [0.717, 1.165) is 33.5 Å². The summed E-state index contributed by atoms with van der Waals surface area (Å²) in [5.74, 6) is 1.17. The number of benzene rings is 2. The number of fused-ring (bicyclic) bond motifs is 1. The number of aryl methyl sites for hydroxylation is 1. The lowest BCUT2D eigenvalue weighted by Gasteiger charge is -2.15. The molecule has 0 aliphatic heterocycles. The van der Waals surface area contributed by atoms with Crippen molar-refractivity contribution in [1.29, 1.82) is 0 Å². The second-order valence-corrected chi connectivity index (χ2v) is 9.38. The molecule has 0 aliphatic carbocycles. The summed E-state index contributed by atoms with van der Waals surface area (Å²) in [4.78, 5) is 15.9. The molecule has 1 atom stereocenters. The van der Waals surface area contributed by atoms with Gasteiger partial charge in [-0.15, -0.1) is 10.2 Å². The molecule has 160 valence electrons. The minimum atomic E-state index is -0.290. The number of nitrogens with one attached hydrogen (secondary N) is 2. The van der Waals surface area contributed by atoms with Gasteiger partial charge >= 0.3 is 0 Å².